The molecule has 0 aliphatic heterocycles. The lowest BCUT2D eigenvalue weighted by Crippen LogP contribution is -2.28. The van der Waals surface area contributed by atoms with Crippen LogP contribution in [0, 0.1) is 11.7 Å². The molecule has 0 saturated heterocycles. The van der Waals surface area contributed by atoms with Crippen LogP contribution in [0.4, 0.5) is 4.39 Å². The lowest BCUT2D eigenvalue weighted by atomic mass is 9.79. The zero-order valence-electron chi connectivity index (χ0n) is 8.12. The Kier molecular flexibility index (Phi) is 2.82. The standard InChI is InChI=1S/C12H15FO/c13-11-7-2-1-4-10(11)8-12(14)9-5-3-6-9/h1-2,4,7,9,12,14H,3,5-6,8H2. The third-order valence-electron chi connectivity index (χ3n) is 3.08. The van der Waals surface area contributed by atoms with E-state index in [0.29, 0.717) is 17.9 Å². The summed E-state index contributed by atoms with van der Waals surface area (Å²) in [6.07, 6.45) is 3.49. The van der Waals surface area contributed by atoms with Crippen molar-refractivity contribution in [3.8, 4) is 0 Å². The summed E-state index contributed by atoms with van der Waals surface area (Å²) in [5.41, 5.74) is 0.631. The number of rotatable bonds is 3. The van der Waals surface area contributed by atoms with Crippen LogP contribution in [0.1, 0.15) is 24.8 Å². The molecule has 0 bridgehead atoms. The van der Waals surface area contributed by atoms with Crippen molar-refractivity contribution in [1.29, 1.82) is 0 Å². The lowest BCUT2D eigenvalue weighted by Gasteiger charge is -2.30. The molecule has 1 fully saturated rings. The first kappa shape index (κ1) is 9.66. The van der Waals surface area contributed by atoms with Crippen molar-refractivity contribution in [2.45, 2.75) is 31.8 Å². The lowest BCUT2D eigenvalue weighted by molar-refractivity contribution is 0.0623. The smallest absolute Gasteiger partial charge is 0.126 e. The van der Waals surface area contributed by atoms with E-state index in [1.807, 2.05) is 6.07 Å². The van der Waals surface area contributed by atoms with Gasteiger partial charge < -0.3 is 5.11 Å². The minimum atomic E-state index is -0.361. The van der Waals surface area contributed by atoms with Crippen LogP contribution in [-0.2, 0) is 6.42 Å². The maximum atomic E-state index is 13.2. The second-order valence-corrected chi connectivity index (χ2v) is 4.05. The van der Waals surface area contributed by atoms with E-state index in [0.717, 1.165) is 12.8 Å². The first-order valence-electron chi connectivity index (χ1n) is 5.19. The normalized spacial score (nSPS) is 19.0. The van der Waals surface area contributed by atoms with Crippen molar-refractivity contribution in [2.75, 3.05) is 0 Å². The van der Waals surface area contributed by atoms with Crippen LogP contribution >= 0.6 is 0 Å². The Labute approximate surface area is 83.6 Å². The molecule has 0 aromatic heterocycles. The van der Waals surface area contributed by atoms with E-state index >= 15 is 0 Å². The monoisotopic (exact) mass is 194 g/mol. The molecule has 0 amide bonds. The van der Waals surface area contributed by atoms with E-state index in [4.69, 9.17) is 0 Å². The quantitative estimate of drug-likeness (QED) is 0.784. The maximum absolute atomic E-state index is 13.2. The van der Waals surface area contributed by atoms with Crippen molar-refractivity contribution >= 4 is 0 Å². The molecule has 1 aliphatic carbocycles. The minimum Gasteiger partial charge on any atom is -0.392 e. The van der Waals surface area contributed by atoms with E-state index in [9.17, 15) is 9.50 Å². The largest absolute Gasteiger partial charge is 0.392 e. The Morgan fingerprint density at radius 3 is 2.64 bits per heavy atom. The van der Waals surface area contributed by atoms with E-state index in [-0.39, 0.29) is 11.9 Å². The molecule has 1 aromatic rings. The van der Waals surface area contributed by atoms with Gasteiger partial charge >= 0.3 is 0 Å². The van der Waals surface area contributed by atoms with Crippen molar-refractivity contribution in [3.05, 3.63) is 35.6 Å². The fraction of sp³-hybridized carbons (Fsp3) is 0.500. The molecule has 1 N–H and O–H groups in total. The average Bonchev–Trinajstić information content (AvgIpc) is 2.05. The van der Waals surface area contributed by atoms with Crippen molar-refractivity contribution in [3.63, 3.8) is 0 Å². The van der Waals surface area contributed by atoms with Crippen molar-refractivity contribution in [1.82, 2.24) is 0 Å². The molecule has 1 nitrogen and oxygen atoms in total. The van der Waals surface area contributed by atoms with Gasteiger partial charge in [-0.2, -0.15) is 0 Å². The highest BCUT2D eigenvalue weighted by atomic mass is 19.1. The molecule has 0 heterocycles. The summed E-state index contributed by atoms with van der Waals surface area (Å²) >= 11 is 0. The average molecular weight is 194 g/mol. The summed E-state index contributed by atoms with van der Waals surface area (Å²) in [4.78, 5) is 0. The number of benzene rings is 1. The summed E-state index contributed by atoms with van der Waals surface area (Å²) in [6.45, 7) is 0. The molecule has 2 rings (SSSR count). The Morgan fingerprint density at radius 1 is 1.36 bits per heavy atom. The molecule has 0 radical (unpaired) electrons. The van der Waals surface area contributed by atoms with E-state index < -0.39 is 0 Å². The summed E-state index contributed by atoms with van der Waals surface area (Å²) in [5.74, 6) is 0.195. The van der Waals surface area contributed by atoms with Crippen LogP contribution in [0.5, 0.6) is 0 Å². The predicted octanol–water partition coefficient (Wildman–Crippen LogP) is 2.53. The second kappa shape index (κ2) is 4.09. The van der Waals surface area contributed by atoms with Gasteiger partial charge in [0.2, 0.25) is 0 Å². The van der Waals surface area contributed by atoms with Gasteiger partial charge in [-0.05, 0) is 30.4 Å². The van der Waals surface area contributed by atoms with Gasteiger partial charge in [0.1, 0.15) is 5.82 Å². The first-order chi connectivity index (χ1) is 6.77. The number of aliphatic hydroxyl groups is 1. The summed E-state index contributed by atoms with van der Waals surface area (Å²) in [5, 5.41) is 9.78. The summed E-state index contributed by atoms with van der Waals surface area (Å²) in [7, 11) is 0. The van der Waals surface area contributed by atoms with Gasteiger partial charge in [-0.25, -0.2) is 4.39 Å². The highest BCUT2D eigenvalue weighted by molar-refractivity contribution is 5.18. The summed E-state index contributed by atoms with van der Waals surface area (Å²) in [6, 6.07) is 6.68. The SMILES string of the molecule is OC(Cc1ccccc1F)C1CCC1. The number of halogens is 1. The fourth-order valence-corrected chi connectivity index (χ4v) is 1.88. The number of hydrogen-bond acceptors (Lipinski definition) is 1. The maximum Gasteiger partial charge on any atom is 0.126 e. The van der Waals surface area contributed by atoms with Crippen LogP contribution in [-0.4, -0.2) is 11.2 Å². The Balaban J connectivity index is 1.99. The van der Waals surface area contributed by atoms with Gasteiger partial charge in [-0.1, -0.05) is 24.6 Å². The van der Waals surface area contributed by atoms with Crippen LogP contribution < -0.4 is 0 Å². The molecule has 76 valence electrons. The Morgan fingerprint density at radius 2 is 2.07 bits per heavy atom. The van der Waals surface area contributed by atoms with Crippen LogP contribution in [0.3, 0.4) is 0 Å². The van der Waals surface area contributed by atoms with Crippen molar-refractivity contribution in [2.24, 2.45) is 5.92 Å². The van der Waals surface area contributed by atoms with Gasteiger partial charge in [0.05, 0.1) is 6.10 Å². The molecular weight excluding hydrogens is 179 g/mol. The molecule has 2 heteroatoms. The molecule has 1 atom stereocenters. The number of aliphatic hydroxyl groups excluding tert-OH is 1. The number of hydrogen-bond donors (Lipinski definition) is 1. The third kappa shape index (κ3) is 1.95. The molecule has 1 aliphatic rings. The van der Waals surface area contributed by atoms with Gasteiger partial charge in [0.25, 0.3) is 0 Å². The van der Waals surface area contributed by atoms with Crippen LogP contribution in [0.25, 0.3) is 0 Å². The minimum absolute atomic E-state index is 0.203. The van der Waals surface area contributed by atoms with Gasteiger partial charge in [-0.3, -0.25) is 0 Å². The van der Waals surface area contributed by atoms with E-state index in [2.05, 4.69) is 0 Å². The third-order valence-corrected chi connectivity index (χ3v) is 3.08. The van der Waals surface area contributed by atoms with E-state index in [1.54, 1.807) is 12.1 Å². The predicted molar refractivity (Wildman–Crippen MR) is 53.5 cm³/mol. The fourth-order valence-electron chi connectivity index (χ4n) is 1.88. The van der Waals surface area contributed by atoms with Crippen LogP contribution in [0.15, 0.2) is 24.3 Å². The molecule has 1 aromatic carbocycles. The second-order valence-electron chi connectivity index (χ2n) is 4.05. The molecular formula is C12H15FO. The van der Waals surface area contributed by atoms with Gasteiger partial charge in [-0.15, -0.1) is 0 Å². The zero-order valence-corrected chi connectivity index (χ0v) is 8.12. The van der Waals surface area contributed by atoms with Crippen LogP contribution in [0.2, 0.25) is 0 Å². The van der Waals surface area contributed by atoms with Gasteiger partial charge in [0, 0.05) is 6.42 Å². The molecule has 14 heavy (non-hydrogen) atoms. The van der Waals surface area contributed by atoms with Crippen molar-refractivity contribution < 1.29 is 9.50 Å². The Hall–Kier alpha value is -0.890. The Bertz CT molecular complexity index is 307. The first-order valence-corrected chi connectivity index (χ1v) is 5.19. The highest BCUT2D eigenvalue weighted by Crippen LogP contribution is 2.31. The zero-order chi connectivity index (χ0) is 9.97. The molecule has 1 unspecified atom stereocenters. The highest BCUT2D eigenvalue weighted by Gasteiger charge is 2.25. The van der Waals surface area contributed by atoms with Gasteiger partial charge in [0.15, 0.2) is 0 Å². The molecule has 1 saturated carbocycles. The van der Waals surface area contributed by atoms with E-state index in [1.165, 1.54) is 12.5 Å². The topological polar surface area (TPSA) is 20.2 Å². The molecule has 0 spiro atoms. The summed E-state index contributed by atoms with van der Waals surface area (Å²) < 4.78 is 13.2.